The first-order valence-corrected chi connectivity index (χ1v) is 8.81. The van der Waals surface area contributed by atoms with Crippen LogP contribution >= 0.6 is 11.8 Å². The van der Waals surface area contributed by atoms with E-state index in [1.165, 1.54) is 18.2 Å². The number of pyridine rings is 1. The Morgan fingerprint density at radius 1 is 1.35 bits per heavy atom. The van der Waals surface area contributed by atoms with Crippen molar-refractivity contribution in [1.82, 2.24) is 20.1 Å². The topological polar surface area (TPSA) is 72.1 Å². The summed E-state index contributed by atoms with van der Waals surface area (Å²) in [6.07, 6.45) is 6.70. The Morgan fingerprint density at radius 2 is 2.13 bits per heavy atom. The monoisotopic (exact) mass is 332 g/mol. The minimum absolute atomic E-state index is 0.135. The summed E-state index contributed by atoms with van der Waals surface area (Å²) in [5, 5.41) is 8.41. The van der Waals surface area contributed by atoms with Crippen molar-refractivity contribution in [3.8, 4) is 11.5 Å². The van der Waals surface area contributed by atoms with Gasteiger partial charge in [-0.15, -0.1) is 10.2 Å². The molecule has 3 heterocycles. The molecule has 1 aliphatic heterocycles. The second kappa shape index (κ2) is 7.12. The van der Waals surface area contributed by atoms with Crippen LogP contribution in [0.5, 0.6) is 0 Å². The molecule has 0 unspecified atom stereocenters. The van der Waals surface area contributed by atoms with Crippen LogP contribution in [0.4, 0.5) is 0 Å². The van der Waals surface area contributed by atoms with Crippen LogP contribution in [0.3, 0.4) is 0 Å². The fraction of sp³-hybridized carbons (Fsp3) is 0.500. The number of piperidine rings is 1. The maximum Gasteiger partial charge on any atom is 0.277 e. The van der Waals surface area contributed by atoms with Gasteiger partial charge in [0.1, 0.15) is 0 Å². The van der Waals surface area contributed by atoms with E-state index < -0.39 is 0 Å². The van der Waals surface area contributed by atoms with Crippen molar-refractivity contribution in [1.29, 1.82) is 0 Å². The third-order valence-electron chi connectivity index (χ3n) is 4.12. The average Bonchev–Trinajstić information content (AvgIpc) is 3.02. The highest BCUT2D eigenvalue weighted by Gasteiger charge is 2.29. The van der Waals surface area contributed by atoms with Gasteiger partial charge in [0.05, 0.1) is 11.3 Å². The SMILES string of the molecule is C[C@@H]1CCC[C@@H](C)N1C(=O)CSc1nnc(-c2cccnc2)o1. The first kappa shape index (κ1) is 16.0. The number of carbonyl (C=O) groups is 1. The van der Waals surface area contributed by atoms with E-state index in [4.69, 9.17) is 4.42 Å². The molecule has 0 radical (unpaired) electrons. The Hall–Kier alpha value is -1.89. The number of likely N-dealkylation sites (tertiary alicyclic amines) is 1. The summed E-state index contributed by atoms with van der Waals surface area (Å²) in [5.41, 5.74) is 0.774. The van der Waals surface area contributed by atoms with E-state index >= 15 is 0 Å². The van der Waals surface area contributed by atoms with Crippen LogP contribution in [-0.2, 0) is 4.79 Å². The smallest absolute Gasteiger partial charge is 0.277 e. The van der Waals surface area contributed by atoms with Crippen molar-refractivity contribution in [3.63, 3.8) is 0 Å². The summed E-state index contributed by atoms with van der Waals surface area (Å²) in [6.45, 7) is 4.23. The van der Waals surface area contributed by atoms with Crippen LogP contribution in [0.1, 0.15) is 33.1 Å². The summed E-state index contributed by atoms with van der Waals surface area (Å²) >= 11 is 1.29. The fourth-order valence-corrected chi connectivity index (χ4v) is 3.62. The Morgan fingerprint density at radius 3 is 2.83 bits per heavy atom. The van der Waals surface area contributed by atoms with E-state index in [1.54, 1.807) is 12.4 Å². The molecule has 2 aromatic rings. The van der Waals surface area contributed by atoms with E-state index in [0.717, 1.165) is 18.4 Å². The van der Waals surface area contributed by atoms with E-state index in [0.29, 0.717) is 29.0 Å². The molecule has 6 nitrogen and oxygen atoms in total. The van der Waals surface area contributed by atoms with Crippen molar-refractivity contribution in [2.45, 2.75) is 50.4 Å². The Labute approximate surface area is 139 Å². The Bertz CT molecular complexity index is 651. The van der Waals surface area contributed by atoms with Crippen LogP contribution in [0.25, 0.3) is 11.5 Å². The first-order valence-electron chi connectivity index (χ1n) is 7.83. The molecule has 3 rings (SSSR count). The van der Waals surface area contributed by atoms with Gasteiger partial charge in [0.2, 0.25) is 11.8 Å². The molecule has 0 saturated carbocycles. The standard InChI is InChI=1S/C16H20N4O2S/c1-11-5-3-6-12(2)20(11)14(21)10-23-16-19-18-15(22-16)13-7-4-8-17-9-13/h4,7-9,11-12H,3,5-6,10H2,1-2H3/t11-,12-/m1/s1. The van der Waals surface area contributed by atoms with Gasteiger partial charge in [0.15, 0.2) is 0 Å². The lowest BCUT2D eigenvalue weighted by molar-refractivity contribution is -0.134. The fourth-order valence-electron chi connectivity index (χ4n) is 2.98. The van der Waals surface area contributed by atoms with Crippen LogP contribution < -0.4 is 0 Å². The molecule has 0 spiro atoms. The first-order chi connectivity index (χ1) is 11.1. The minimum atomic E-state index is 0.135. The molecular formula is C16H20N4O2S. The second-order valence-corrected chi connectivity index (χ2v) is 6.76. The van der Waals surface area contributed by atoms with Gasteiger partial charge in [0, 0.05) is 24.5 Å². The lowest BCUT2D eigenvalue weighted by atomic mass is 9.98. The highest BCUT2D eigenvalue weighted by Crippen LogP contribution is 2.26. The normalized spacial score (nSPS) is 21.4. The van der Waals surface area contributed by atoms with Crippen LogP contribution in [0, 0.1) is 0 Å². The maximum absolute atomic E-state index is 12.5. The van der Waals surface area contributed by atoms with Crippen molar-refractivity contribution in [2.24, 2.45) is 0 Å². The molecule has 1 amide bonds. The number of aromatic nitrogens is 3. The van der Waals surface area contributed by atoms with Crippen molar-refractivity contribution in [2.75, 3.05) is 5.75 Å². The number of rotatable bonds is 4. The van der Waals surface area contributed by atoms with Gasteiger partial charge in [-0.05, 0) is 45.2 Å². The molecule has 2 atom stereocenters. The van der Waals surface area contributed by atoms with Gasteiger partial charge in [0.25, 0.3) is 5.22 Å². The molecular weight excluding hydrogens is 312 g/mol. The predicted molar refractivity (Wildman–Crippen MR) is 87.9 cm³/mol. The number of thioether (sulfide) groups is 1. The summed E-state index contributed by atoms with van der Waals surface area (Å²) in [6, 6.07) is 4.28. The quantitative estimate of drug-likeness (QED) is 0.802. The van der Waals surface area contributed by atoms with Gasteiger partial charge < -0.3 is 9.32 Å². The lowest BCUT2D eigenvalue weighted by Gasteiger charge is -2.39. The summed E-state index contributed by atoms with van der Waals surface area (Å²) in [4.78, 5) is 18.5. The van der Waals surface area contributed by atoms with Gasteiger partial charge in [-0.1, -0.05) is 11.8 Å². The van der Waals surface area contributed by atoms with Gasteiger partial charge in [-0.2, -0.15) is 0 Å². The molecule has 122 valence electrons. The van der Waals surface area contributed by atoms with E-state index in [1.807, 2.05) is 17.0 Å². The summed E-state index contributed by atoms with van der Waals surface area (Å²) < 4.78 is 5.59. The number of nitrogens with zero attached hydrogens (tertiary/aromatic N) is 4. The molecule has 0 aliphatic carbocycles. The molecule has 23 heavy (non-hydrogen) atoms. The minimum Gasteiger partial charge on any atom is -0.411 e. The highest BCUT2D eigenvalue weighted by molar-refractivity contribution is 7.99. The van der Waals surface area contributed by atoms with Crippen LogP contribution in [-0.4, -0.2) is 43.8 Å². The third kappa shape index (κ3) is 3.72. The van der Waals surface area contributed by atoms with Crippen LogP contribution in [0.2, 0.25) is 0 Å². The molecule has 1 aliphatic rings. The maximum atomic E-state index is 12.5. The van der Waals surface area contributed by atoms with E-state index in [9.17, 15) is 4.79 Å². The number of hydrogen-bond acceptors (Lipinski definition) is 6. The van der Waals surface area contributed by atoms with Crippen LogP contribution in [0.15, 0.2) is 34.2 Å². The van der Waals surface area contributed by atoms with Gasteiger partial charge >= 0.3 is 0 Å². The van der Waals surface area contributed by atoms with Gasteiger partial charge in [-0.3, -0.25) is 9.78 Å². The van der Waals surface area contributed by atoms with Gasteiger partial charge in [-0.25, -0.2) is 0 Å². The molecule has 2 aromatic heterocycles. The Kier molecular flexibility index (Phi) is 4.95. The zero-order chi connectivity index (χ0) is 16.2. The molecule has 1 saturated heterocycles. The highest BCUT2D eigenvalue weighted by atomic mass is 32.2. The zero-order valence-corrected chi connectivity index (χ0v) is 14.1. The van der Waals surface area contributed by atoms with E-state index in [-0.39, 0.29) is 5.91 Å². The summed E-state index contributed by atoms with van der Waals surface area (Å²) in [5.74, 6) is 0.882. The molecule has 1 fully saturated rings. The molecule has 0 N–H and O–H groups in total. The number of carbonyl (C=O) groups excluding carboxylic acids is 1. The number of amides is 1. The summed E-state index contributed by atoms with van der Waals surface area (Å²) in [7, 11) is 0. The van der Waals surface area contributed by atoms with Crippen molar-refractivity contribution in [3.05, 3.63) is 24.5 Å². The third-order valence-corrected chi connectivity index (χ3v) is 4.92. The molecule has 7 heteroatoms. The van der Waals surface area contributed by atoms with E-state index in [2.05, 4.69) is 29.0 Å². The largest absolute Gasteiger partial charge is 0.411 e. The average molecular weight is 332 g/mol. The zero-order valence-electron chi connectivity index (χ0n) is 13.3. The number of hydrogen-bond donors (Lipinski definition) is 0. The Balaban J connectivity index is 1.60. The predicted octanol–water partition coefficient (Wildman–Crippen LogP) is 3.01. The molecule has 0 aromatic carbocycles. The van der Waals surface area contributed by atoms with Crippen molar-refractivity contribution >= 4 is 17.7 Å². The van der Waals surface area contributed by atoms with Crippen molar-refractivity contribution < 1.29 is 9.21 Å². The second-order valence-electron chi connectivity index (χ2n) is 5.83. The lowest BCUT2D eigenvalue weighted by Crippen LogP contribution is -2.48. The molecule has 0 bridgehead atoms.